The van der Waals surface area contributed by atoms with Gasteiger partial charge < -0.3 is 4.90 Å². The molecule has 2 nitrogen and oxygen atoms in total. The summed E-state index contributed by atoms with van der Waals surface area (Å²) in [6, 6.07) is 0. The van der Waals surface area contributed by atoms with E-state index in [2.05, 4.69) is 47.1 Å². The first kappa shape index (κ1) is 13.6. The molecule has 0 spiro atoms. The Morgan fingerprint density at radius 2 is 1.83 bits per heavy atom. The van der Waals surface area contributed by atoms with Crippen LogP contribution in [-0.4, -0.2) is 49.1 Å². The fourth-order valence-electron chi connectivity index (χ4n) is 2.54. The van der Waals surface area contributed by atoms with Crippen LogP contribution in [0, 0.1) is 0 Å². The molecule has 0 aromatic heterocycles. The molecule has 1 heterocycles. The minimum atomic E-state index is 1.07. The van der Waals surface area contributed by atoms with Crippen molar-refractivity contribution in [3.05, 3.63) is 36.0 Å². The lowest BCUT2D eigenvalue weighted by molar-refractivity contribution is 0.140. The average Bonchev–Trinajstić information content (AvgIpc) is 2.67. The third-order valence-corrected chi connectivity index (χ3v) is 3.75. The first-order chi connectivity index (χ1) is 8.88. The smallest absolute Gasteiger partial charge is 0.0234 e. The summed E-state index contributed by atoms with van der Waals surface area (Å²) in [6.07, 6.45) is 14.9. The number of hydrogen-bond donors (Lipinski definition) is 0. The van der Waals surface area contributed by atoms with Crippen LogP contribution in [0.1, 0.15) is 26.2 Å². The van der Waals surface area contributed by atoms with E-state index in [-0.39, 0.29) is 0 Å². The molecular formula is C16H26N2. The second kappa shape index (κ2) is 7.55. The van der Waals surface area contributed by atoms with E-state index in [1.165, 1.54) is 51.1 Å². The maximum absolute atomic E-state index is 2.61. The van der Waals surface area contributed by atoms with Gasteiger partial charge in [-0.3, -0.25) is 4.90 Å². The predicted molar refractivity (Wildman–Crippen MR) is 78.8 cm³/mol. The lowest BCUT2D eigenvalue weighted by Crippen LogP contribution is -2.46. The van der Waals surface area contributed by atoms with Crippen molar-refractivity contribution in [2.45, 2.75) is 26.2 Å². The van der Waals surface area contributed by atoms with Crippen LogP contribution in [0.15, 0.2) is 36.0 Å². The van der Waals surface area contributed by atoms with Gasteiger partial charge in [-0.25, -0.2) is 0 Å². The lowest BCUT2D eigenvalue weighted by atomic mass is 10.2. The molecule has 1 saturated heterocycles. The molecule has 1 fully saturated rings. The topological polar surface area (TPSA) is 6.48 Å². The van der Waals surface area contributed by atoms with Crippen LogP contribution in [-0.2, 0) is 0 Å². The van der Waals surface area contributed by atoms with Gasteiger partial charge in [0.1, 0.15) is 0 Å². The predicted octanol–water partition coefficient (Wildman–Crippen LogP) is 2.85. The van der Waals surface area contributed by atoms with Crippen molar-refractivity contribution in [3.8, 4) is 0 Å². The molecule has 0 radical (unpaired) electrons. The molecule has 0 amide bonds. The first-order valence-electron chi connectivity index (χ1n) is 7.35. The Kier molecular flexibility index (Phi) is 5.69. The molecule has 0 aromatic carbocycles. The summed E-state index contributed by atoms with van der Waals surface area (Å²) in [7, 11) is 0. The van der Waals surface area contributed by atoms with Crippen molar-refractivity contribution < 1.29 is 0 Å². The fraction of sp³-hybridized carbons (Fsp3) is 0.625. The minimum absolute atomic E-state index is 1.07. The van der Waals surface area contributed by atoms with Crippen molar-refractivity contribution >= 4 is 0 Å². The van der Waals surface area contributed by atoms with Gasteiger partial charge >= 0.3 is 0 Å². The zero-order chi connectivity index (χ0) is 12.6. The van der Waals surface area contributed by atoms with E-state index in [9.17, 15) is 0 Å². The van der Waals surface area contributed by atoms with Crippen molar-refractivity contribution in [1.29, 1.82) is 0 Å². The van der Waals surface area contributed by atoms with Crippen LogP contribution in [0.4, 0.5) is 0 Å². The zero-order valence-electron chi connectivity index (χ0n) is 11.6. The lowest BCUT2D eigenvalue weighted by Gasteiger charge is -2.34. The number of unbranched alkanes of at least 4 members (excludes halogenated alkanes) is 1. The van der Waals surface area contributed by atoms with E-state index in [0.717, 1.165) is 13.0 Å². The highest BCUT2D eigenvalue weighted by atomic mass is 15.3. The number of piperazine rings is 1. The Bertz CT molecular complexity index is 320. The normalized spacial score (nSPS) is 21.9. The monoisotopic (exact) mass is 246 g/mol. The van der Waals surface area contributed by atoms with Gasteiger partial charge in [0.2, 0.25) is 0 Å². The highest BCUT2D eigenvalue weighted by molar-refractivity contribution is 5.28. The van der Waals surface area contributed by atoms with E-state index >= 15 is 0 Å². The van der Waals surface area contributed by atoms with E-state index in [1.807, 2.05) is 0 Å². The molecule has 0 N–H and O–H groups in total. The van der Waals surface area contributed by atoms with Crippen LogP contribution in [0.3, 0.4) is 0 Å². The van der Waals surface area contributed by atoms with Crippen LogP contribution >= 0.6 is 0 Å². The van der Waals surface area contributed by atoms with Crippen molar-refractivity contribution in [2.75, 3.05) is 39.3 Å². The maximum atomic E-state index is 2.61. The summed E-state index contributed by atoms with van der Waals surface area (Å²) in [6.45, 7) is 9.60. The van der Waals surface area contributed by atoms with Crippen LogP contribution in [0.5, 0.6) is 0 Å². The molecule has 1 aliphatic heterocycles. The molecule has 18 heavy (non-hydrogen) atoms. The molecule has 100 valence electrons. The maximum Gasteiger partial charge on any atom is 0.0234 e. The first-order valence-corrected chi connectivity index (χ1v) is 7.35. The molecule has 0 aromatic rings. The SMILES string of the molecule is CCCCN1CCN(CC2=CC=CCC=C2)CC1. The molecule has 1 aliphatic carbocycles. The summed E-state index contributed by atoms with van der Waals surface area (Å²) >= 11 is 0. The Labute approximate surface area is 112 Å². The minimum Gasteiger partial charge on any atom is -0.301 e. The Morgan fingerprint density at radius 1 is 1.06 bits per heavy atom. The van der Waals surface area contributed by atoms with Crippen molar-refractivity contribution in [1.82, 2.24) is 9.80 Å². The number of rotatable bonds is 5. The fourth-order valence-corrected chi connectivity index (χ4v) is 2.54. The van der Waals surface area contributed by atoms with Gasteiger partial charge in [0.05, 0.1) is 0 Å². The average molecular weight is 246 g/mol. The largest absolute Gasteiger partial charge is 0.301 e. The quantitative estimate of drug-likeness (QED) is 0.736. The number of nitrogens with zero attached hydrogens (tertiary/aromatic N) is 2. The number of allylic oxidation sites excluding steroid dienone is 4. The standard InChI is InChI=1S/C16H26N2/c1-2-3-10-17-11-13-18(14-12-17)15-16-8-6-4-5-7-9-16/h4,6-9H,2-3,5,10-15H2,1H3. The molecule has 2 heteroatoms. The summed E-state index contributed by atoms with van der Waals surface area (Å²) < 4.78 is 0. The van der Waals surface area contributed by atoms with Gasteiger partial charge in [-0.05, 0) is 25.0 Å². The second-order valence-electron chi connectivity index (χ2n) is 5.28. The second-order valence-corrected chi connectivity index (χ2v) is 5.28. The van der Waals surface area contributed by atoms with Gasteiger partial charge in [0, 0.05) is 32.7 Å². The van der Waals surface area contributed by atoms with Crippen LogP contribution in [0.2, 0.25) is 0 Å². The summed E-state index contributed by atoms with van der Waals surface area (Å²) in [5.74, 6) is 0. The molecule has 0 bridgehead atoms. The van der Waals surface area contributed by atoms with Crippen LogP contribution in [0.25, 0.3) is 0 Å². The Hall–Kier alpha value is -0.860. The highest BCUT2D eigenvalue weighted by Crippen LogP contribution is 2.10. The third-order valence-electron chi connectivity index (χ3n) is 3.75. The van der Waals surface area contributed by atoms with E-state index in [0.29, 0.717) is 0 Å². The Morgan fingerprint density at radius 3 is 2.61 bits per heavy atom. The van der Waals surface area contributed by atoms with E-state index < -0.39 is 0 Å². The molecule has 2 aliphatic rings. The summed E-state index contributed by atoms with van der Waals surface area (Å²) in [5.41, 5.74) is 1.45. The third kappa shape index (κ3) is 4.43. The number of hydrogen-bond acceptors (Lipinski definition) is 2. The van der Waals surface area contributed by atoms with Crippen molar-refractivity contribution in [2.24, 2.45) is 0 Å². The van der Waals surface area contributed by atoms with Gasteiger partial charge in [-0.2, -0.15) is 0 Å². The molecule has 2 rings (SSSR count). The van der Waals surface area contributed by atoms with Gasteiger partial charge in [0.25, 0.3) is 0 Å². The van der Waals surface area contributed by atoms with Gasteiger partial charge in [-0.15, -0.1) is 0 Å². The van der Waals surface area contributed by atoms with E-state index in [4.69, 9.17) is 0 Å². The highest BCUT2D eigenvalue weighted by Gasteiger charge is 2.16. The Balaban J connectivity index is 1.73. The van der Waals surface area contributed by atoms with E-state index in [1.54, 1.807) is 0 Å². The van der Waals surface area contributed by atoms with Crippen molar-refractivity contribution in [3.63, 3.8) is 0 Å². The zero-order valence-corrected chi connectivity index (χ0v) is 11.6. The summed E-state index contributed by atoms with van der Waals surface area (Å²) in [5, 5.41) is 0. The van der Waals surface area contributed by atoms with Crippen LogP contribution < -0.4 is 0 Å². The molecule has 0 saturated carbocycles. The molecule has 0 atom stereocenters. The summed E-state index contributed by atoms with van der Waals surface area (Å²) in [4.78, 5) is 5.19. The molecule has 0 unspecified atom stereocenters. The molecular weight excluding hydrogens is 220 g/mol. The van der Waals surface area contributed by atoms with Gasteiger partial charge in [-0.1, -0.05) is 43.7 Å². The van der Waals surface area contributed by atoms with Gasteiger partial charge in [0.15, 0.2) is 0 Å².